The van der Waals surface area contributed by atoms with Crippen LogP contribution in [0, 0.1) is 0 Å². The number of hydrogen-bond donors (Lipinski definition) is 0. The first kappa shape index (κ1) is 25.3. The van der Waals surface area contributed by atoms with Gasteiger partial charge < -0.3 is 31.4 Å². The van der Waals surface area contributed by atoms with Crippen LogP contribution in [-0.2, 0) is 0 Å². The van der Waals surface area contributed by atoms with Crippen molar-refractivity contribution in [3.8, 4) is 17.1 Å². The van der Waals surface area contributed by atoms with Crippen LogP contribution in [0.5, 0.6) is 0 Å². The van der Waals surface area contributed by atoms with Crippen LogP contribution in [0.2, 0.25) is 0 Å². The smallest absolute Gasteiger partial charge is 0.195 e. The minimum absolute atomic E-state index is 0.742. The van der Waals surface area contributed by atoms with E-state index in [-0.39, 0.29) is 0 Å². The summed E-state index contributed by atoms with van der Waals surface area (Å²) in [6.07, 6.45) is 6.90. The van der Waals surface area contributed by atoms with E-state index in [9.17, 15) is 0 Å². The van der Waals surface area contributed by atoms with Crippen LogP contribution in [0.1, 0.15) is 0 Å². The second-order valence-corrected chi connectivity index (χ2v) is 12.6. The molecule has 0 amide bonds. The van der Waals surface area contributed by atoms with Gasteiger partial charge in [-0.3, -0.25) is 0 Å². The summed E-state index contributed by atoms with van der Waals surface area (Å²) < 4.78 is 30.5. The molecule has 0 radical (unpaired) electrons. The maximum Gasteiger partial charge on any atom is 0.195 e. The van der Waals surface area contributed by atoms with Gasteiger partial charge in [0.15, 0.2) is 22.3 Å². The molecule has 0 bridgehead atoms. The van der Waals surface area contributed by atoms with Crippen molar-refractivity contribution in [1.29, 1.82) is 0 Å². The fraction of sp³-hybridized carbons (Fsp3) is 0. The molecule has 49 heavy (non-hydrogen) atoms. The van der Waals surface area contributed by atoms with E-state index in [0.717, 1.165) is 77.9 Å². The quantitative estimate of drug-likeness (QED) is 0.194. The van der Waals surface area contributed by atoms with Crippen molar-refractivity contribution in [3.05, 3.63) is 140 Å². The van der Waals surface area contributed by atoms with Gasteiger partial charge in [0.25, 0.3) is 0 Å². The first-order valence-corrected chi connectivity index (χ1v) is 16.2. The van der Waals surface area contributed by atoms with Crippen LogP contribution >= 0.6 is 0 Å². The lowest BCUT2D eigenvalue weighted by Gasteiger charge is -2.14. The van der Waals surface area contributed by atoms with Crippen LogP contribution in [0.15, 0.2) is 158 Å². The number of nitrogens with zero attached hydrogens (tertiary/aromatic N) is 3. The van der Waals surface area contributed by atoms with Crippen molar-refractivity contribution < 1.29 is 17.7 Å². The van der Waals surface area contributed by atoms with Gasteiger partial charge in [-0.1, -0.05) is 60.7 Å². The van der Waals surface area contributed by atoms with Crippen LogP contribution in [0.3, 0.4) is 0 Å². The lowest BCUT2D eigenvalue weighted by atomic mass is 10.0. The van der Waals surface area contributed by atoms with Crippen molar-refractivity contribution in [2.75, 3.05) is 0 Å². The molecule has 7 heteroatoms. The molecule has 0 atom stereocenters. The fourth-order valence-corrected chi connectivity index (χ4v) is 8.16. The lowest BCUT2D eigenvalue weighted by molar-refractivity contribution is 0.583. The number of fused-ring (bicyclic) bond motifs is 12. The highest BCUT2D eigenvalue weighted by Crippen LogP contribution is 2.44. The van der Waals surface area contributed by atoms with Gasteiger partial charge in [0.1, 0.15) is 0 Å². The molecular weight excluding hydrogens is 610 g/mol. The van der Waals surface area contributed by atoms with Gasteiger partial charge in [0.2, 0.25) is 0 Å². The predicted molar refractivity (Wildman–Crippen MR) is 194 cm³/mol. The zero-order chi connectivity index (χ0) is 31.8. The van der Waals surface area contributed by atoms with Crippen LogP contribution in [0.25, 0.3) is 105 Å². The molecule has 0 unspecified atom stereocenters. The minimum Gasteiger partial charge on any atom is -0.459 e. The molecule has 0 N–H and O–H groups in total. The maximum absolute atomic E-state index is 5.94. The van der Waals surface area contributed by atoms with Gasteiger partial charge in [-0.15, -0.1) is 0 Å². The van der Waals surface area contributed by atoms with E-state index in [0.29, 0.717) is 0 Å². The van der Waals surface area contributed by atoms with Gasteiger partial charge in [-0.2, -0.15) is 0 Å². The Bertz CT molecular complexity index is 3200. The highest BCUT2D eigenvalue weighted by Gasteiger charge is 2.24. The molecule has 230 valence electrons. The Labute approximate surface area is 275 Å². The van der Waals surface area contributed by atoms with Crippen molar-refractivity contribution >= 4 is 87.7 Å². The summed E-state index contributed by atoms with van der Waals surface area (Å²) in [6.45, 7) is 0. The highest BCUT2D eigenvalue weighted by atomic mass is 16.4. The number of hydrogen-bond acceptors (Lipinski definition) is 4. The second-order valence-electron chi connectivity index (χ2n) is 12.6. The van der Waals surface area contributed by atoms with Crippen molar-refractivity contribution in [1.82, 2.24) is 13.7 Å². The molecule has 12 rings (SSSR count). The van der Waals surface area contributed by atoms with Crippen molar-refractivity contribution in [2.45, 2.75) is 0 Å². The van der Waals surface area contributed by atoms with Crippen LogP contribution in [0.4, 0.5) is 0 Å². The molecule has 0 saturated carbocycles. The Kier molecular flexibility index (Phi) is 4.60. The van der Waals surface area contributed by atoms with Gasteiger partial charge in [-0.25, -0.2) is 0 Å². The Morgan fingerprint density at radius 2 is 0.878 bits per heavy atom. The van der Waals surface area contributed by atoms with E-state index in [4.69, 9.17) is 17.7 Å². The van der Waals surface area contributed by atoms with Crippen LogP contribution < -0.4 is 0 Å². The average Bonchev–Trinajstić information content (AvgIpc) is 3.98. The Morgan fingerprint density at radius 3 is 1.55 bits per heavy atom. The zero-order valence-electron chi connectivity index (χ0n) is 25.8. The van der Waals surface area contributed by atoms with E-state index in [2.05, 4.69) is 105 Å². The molecule has 0 fully saturated rings. The largest absolute Gasteiger partial charge is 0.459 e. The topological polar surface area (TPSA) is 67.3 Å². The molecular formula is C42H23N3O4. The van der Waals surface area contributed by atoms with E-state index in [1.807, 2.05) is 24.3 Å². The van der Waals surface area contributed by atoms with Crippen molar-refractivity contribution in [3.63, 3.8) is 0 Å². The van der Waals surface area contributed by atoms with Gasteiger partial charge in [0, 0.05) is 51.8 Å². The summed E-state index contributed by atoms with van der Waals surface area (Å²) in [4.78, 5) is 0. The molecule has 7 aromatic heterocycles. The summed E-state index contributed by atoms with van der Waals surface area (Å²) in [5.41, 5.74) is 12.2. The molecule has 7 nitrogen and oxygen atoms in total. The number of furan rings is 4. The monoisotopic (exact) mass is 633 g/mol. The Morgan fingerprint density at radius 1 is 0.347 bits per heavy atom. The lowest BCUT2D eigenvalue weighted by Crippen LogP contribution is -1.98. The first-order valence-electron chi connectivity index (χ1n) is 16.2. The number of rotatable bonds is 3. The third-order valence-electron chi connectivity index (χ3n) is 10.2. The standard InChI is InChI=1S/C42H23N3O4/c1-2-6-25-21-26(10-9-24(25)5-1)44-35-22-27(43-31-13-17-46-39(31)40-32(43)14-18-47-40)11-12-30(35)38-29-8-4-3-7-28(29)36(23-37(38)44)45-33-15-19-48-41(33)42-34(45)16-20-49-42/h1-23H. The SMILES string of the molecule is c1ccc2cc(-n3c4cc(-n5c6ccoc6c6occc65)ccc4c4c5ccccc5c(-n5c6ccoc6c6occc65)cc43)ccc2c1. The number of benzene rings is 5. The predicted octanol–water partition coefficient (Wildman–Crippen LogP) is 11.7. The van der Waals surface area contributed by atoms with E-state index >= 15 is 0 Å². The number of aromatic nitrogens is 3. The molecule has 0 spiro atoms. The van der Waals surface area contributed by atoms with Crippen molar-refractivity contribution in [2.24, 2.45) is 0 Å². The summed E-state index contributed by atoms with van der Waals surface area (Å²) in [6, 6.07) is 41.0. The molecule has 0 aliphatic carbocycles. The summed E-state index contributed by atoms with van der Waals surface area (Å²) in [7, 11) is 0. The Hall–Kier alpha value is -6.86. The second kappa shape index (κ2) is 8.93. The molecule has 0 aliphatic heterocycles. The molecule has 5 aromatic carbocycles. The van der Waals surface area contributed by atoms with Gasteiger partial charge in [0.05, 0.1) is 63.8 Å². The summed E-state index contributed by atoms with van der Waals surface area (Å²) in [5, 5.41) is 7.06. The van der Waals surface area contributed by atoms with Gasteiger partial charge >= 0.3 is 0 Å². The molecule has 0 aliphatic rings. The maximum atomic E-state index is 5.94. The van der Waals surface area contributed by atoms with E-state index in [1.165, 1.54) is 26.9 Å². The normalized spacial score (nSPS) is 12.5. The Balaban J connectivity index is 1.26. The fourth-order valence-electron chi connectivity index (χ4n) is 8.16. The molecule has 0 saturated heterocycles. The zero-order valence-corrected chi connectivity index (χ0v) is 25.8. The molecule has 12 aromatic rings. The first-order chi connectivity index (χ1) is 24.3. The third-order valence-corrected chi connectivity index (χ3v) is 10.2. The third kappa shape index (κ3) is 3.16. The minimum atomic E-state index is 0.742. The van der Waals surface area contributed by atoms with Crippen LogP contribution in [-0.4, -0.2) is 13.7 Å². The highest BCUT2D eigenvalue weighted by molar-refractivity contribution is 6.24. The van der Waals surface area contributed by atoms with Gasteiger partial charge in [-0.05, 0) is 46.5 Å². The summed E-state index contributed by atoms with van der Waals surface area (Å²) in [5.74, 6) is 0. The van der Waals surface area contributed by atoms with E-state index < -0.39 is 0 Å². The molecule has 7 heterocycles. The average molecular weight is 634 g/mol. The van der Waals surface area contributed by atoms with E-state index in [1.54, 1.807) is 25.1 Å². The summed E-state index contributed by atoms with van der Waals surface area (Å²) >= 11 is 0.